The van der Waals surface area contributed by atoms with Crippen LogP contribution in [-0.4, -0.2) is 27.6 Å². The van der Waals surface area contributed by atoms with Crippen LogP contribution in [0.25, 0.3) is 0 Å². The number of aromatic nitrogens is 1. The zero-order chi connectivity index (χ0) is 16.1. The molecule has 0 aliphatic rings. The number of hydrogen-bond donors (Lipinski definition) is 1. The maximum Gasteiger partial charge on any atom is 0.123 e. The first-order valence-electron chi connectivity index (χ1n) is 7.54. The average molecular weight is 302 g/mol. The number of hydrogen-bond acceptors (Lipinski definition) is 3. The standard InChI is InChI=1S/C18H23FN2O/c1-13(2)21(11-15-5-4-8-20-10-15)12-18(22)17-7-6-16(19)9-14(17)3/h4-10,13,18,22H,11-12H2,1-3H3. The maximum absolute atomic E-state index is 13.2. The normalized spacial score (nSPS) is 12.9. The van der Waals surface area contributed by atoms with Crippen molar-refractivity contribution >= 4 is 0 Å². The average Bonchev–Trinajstić information content (AvgIpc) is 2.47. The van der Waals surface area contributed by atoms with Crippen molar-refractivity contribution < 1.29 is 9.50 Å². The van der Waals surface area contributed by atoms with E-state index >= 15 is 0 Å². The van der Waals surface area contributed by atoms with E-state index in [-0.39, 0.29) is 11.9 Å². The van der Waals surface area contributed by atoms with E-state index in [4.69, 9.17) is 0 Å². The second-order valence-electron chi connectivity index (χ2n) is 5.90. The fraction of sp³-hybridized carbons (Fsp3) is 0.389. The lowest BCUT2D eigenvalue weighted by molar-refractivity contribution is 0.0903. The SMILES string of the molecule is Cc1cc(F)ccc1C(O)CN(Cc1cccnc1)C(C)C. The number of nitrogens with zero attached hydrogens (tertiary/aromatic N) is 2. The minimum absolute atomic E-state index is 0.274. The minimum Gasteiger partial charge on any atom is -0.387 e. The van der Waals surface area contributed by atoms with E-state index in [1.165, 1.54) is 12.1 Å². The molecule has 0 fully saturated rings. The zero-order valence-electron chi connectivity index (χ0n) is 13.3. The van der Waals surface area contributed by atoms with Crippen LogP contribution < -0.4 is 0 Å². The summed E-state index contributed by atoms with van der Waals surface area (Å²) in [6, 6.07) is 8.74. The number of aliphatic hydroxyl groups excluding tert-OH is 1. The lowest BCUT2D eigenvalue weighted by Crippen LogP contribution is -2.34. The molecule has 1 N–H and O–H groups in total. The van der Waals surface area contributed by atoms with Gasteiger partial charge in [-0.05, 0) is 55.7 Å². The summed E-state index contributed by atoms with van der Waals surface area (Å²) in [6.45, 7) is 7.24. The van der Waals surface area contributed by atoms with Crippen LogP contribution in [0.2, 0.25) is 0 Å². The molecule has 0 saturated heterocycles. The zero-order valence-corrected chi connectivity index (χ0v) is 13.3. The molecule has 1 aromatic heterocycles. The maximum atomic E-state index is 13.2. The van der Waals surface area contributed by atoms with Crippen molar-refractivity contribution in [1.29, 1.82) is 0 Å². The molecule has 0 saturated carbocycles. The minimum atomic E-state index is -0.639. The molecule has 0 amide bonds. The van der Waals surface area contributed by atoms with Crippen molar-refractivity contribution in [2.24, 2.45) is 0 Å². The van der Waals surface area contributed by atoms with Gasteiger partial charge in [0.1, 0.15) is 5.82 Å². The lowest BCUT2D eigenvalue weighted by Gasteiger charge is -2.29. The third-order valence-electron chi connectivity index (χ3n) is 3.84. The van der Waals surface area contributed by atoms with Crippen LogP contribution in [-0.2, 0) is 6.54 Å². The molecule has 1 unspecified atom stereocenters. The topological polar surface area (TPSA) is 36.4 Å². The molecular weight excluding hydrogens is 279 g/mol. The van der Waals surface area contributed by atoms with Gasteiger partial charge in [-0.3, -0.25) is 9.88 Å². The smallest absolute Gasteiger partial charge is 0.123 e. The number of halogens is 1. The van der Waals surface area contributed by atoms with Crippen molar-refractivity contribution in [3.8, 4) is 0 Å². The molecule has 1 aromatic carbocycles. The third kappa shape index (κ3) is 4.36. The quantitative estimate of drug-likeness (QED) is 0.887. The highest BCUT2D eigenvalue weighted by molar-refractivity contribution is 5.28. The van der Waals surface area contributed by atoms with Gasteiger partial charge in [0, 0.05) is 31.5 Å². The summed E-state index contributed by atoms with van der Waals surface area (Å²) in [5.41, 5.74) is 2.66. The van der Waals surface area contributed by atoms with E-state index < -0.39 is 6.10 Å². The number of benzene rings is 1. The van der Waals surface area contributed by atoms with Crippen molar-refractivity contribution in [2.45, 2.75) is 39.5 Å². The Labute approximate surface area is 131 Å². The molecule has 2 aromatic rings. The Hall–Kier alpha value is -1.78. The molecule has 0 aliphatic carbocycles. The van der Waals surface area contributed by atoms with Crippen LogP contribution in [0.5, 0.6) is 0 Å². The summed E-state index contributed by atoms with van der Waals surface area (Å²) < 4.78 is 13.2. The van der Waals surface area contributed by atoms with Crippen LogP contribution in [0.15, 0.2) is 42.7 Å². The highest BCUT2D eigenvalue weighted by Gasteiger charge is 2.18. The Bertz CT molecular complexity index is 601. The van der Waals surface area contributed by atoms with Gasteiger partial charge < -0.3 is 5.11 Å². The van der Waals surface area contributed by atoms with Gasteiger partial charge in [-0.1, -0.05) is 12.1 Å². The van der Waals surface area contributed by atoms with Gasteiger partial charge in [0.15, 0.2) is 0 Å². The van der Waals surface area contributed by atoms with E-state index in [2.05, 4.69) is 23.7 Å². The van der Waals surface area contributed by atoms with Crippen LogP contribution in [0.1, 0.15) is 36.6 Å². The molecule has 4 heteroatoms. The van der Waals surface area contributed by atoms with E-state index in [1.54, 1.807) is 12.3 Å². The molecule has 118 valence electrons. The molecule has 1 atom stereocenters. The number of pyridine rings is 1. The predicted molar refractivity (Wildman–Crippen MR) is 85.9 cm³/mol. The van der Waals surface area contributed by atoms with Gasteiger partial charge in [-0.25, -0.2) is 4.39 Å². The molecule has 22 heavy (non-hydrogen) atoms. The van der Waals surface area contributed by atoms with Gasteiger partial charge in [0.25, 0.3) is 0 Å². The second-order valence-corrected chi connectivity index (χ2v) is 5.90. The second kappa shape index (κ2) is 7.47. The van der Waals surface area contributed by atoms with Gasteiger partial charge in [-0.2, -0.15) is 0 Å². The van der Waals surface area contributed by atoms with Gasteiger partial charge >= 0.3 is 0 Å². The molecule has 2 rings (SSSR count). The number of rotatable bonds is 6. The number of aliphatic hydroxyl groups is 1. The van der Waals surface area contributed by atoms with Gasteiger partial charge in [-0.15, -0.1) is 0 Å². The fourth-order valence-corrected chi connectivity index (χ4v) is 2.52. The van der Waals surface area contributed by atoms with E-state index in [0.29, 0.717) is 6.54 Å². The molecule has 3 nitrogen and oxygen atoms in total. The molecule has 0 bridgehead atoms. The Morgan fingerprint density at radius 2 is 2.05 bits per heavy atom. The molecular formula is C18H23FN2O. The highest BCUT2D eigenvalue weighted by Crippen LogP contribution is 2.21. The van der Waals surface area contributed by atoms with E-state index in [1.807, 2.05) is 25.3 Å². The first-order valence-corrected chi connectivity index (χ1v) is 7.54. The van der Waals surface area contributed by atoms with Crippen molar-refractivity contribution in [2.75, 3.05) is 6.54 Å². The largest absolute Gasteiger partial charge is 0.387 e. The third-order valence-corrected chi connectivity index (χ3v) is 3.84. The van der Waals surface area contributed by atoms with Crippen LogP contribution in [0, 0.1) is 12.7 Å². The van der Waals surface area contributed by atoms with Crippen LogP contribution in [0.4, 0.5) is 4.39 Å². The summed E-state index contributed by atoms with van der Waals surface area (Å²) in [7, 11) is 0. The molecule has 0 spiro atoms. The lowest BCUT2D eigenvalue weighted by atomic mass is 10.0. The Morgan fingerprint density at radius 3 is 2.64 bits per heavy atom. The Kier molecular flexibility index (Phi) is 5.63. The summed E-state index contributed by atoms with van der Waals surface area (Å²) in [5.74, 6) is -0.274. The Morgan fingerprint density at radius 1 is 1.27 bits per heavy atom. The van der Waals surface area contributed by atoms with Crippen molar-refractivity contribution in [3.05, 3.63) is 65.2 Å². The molecule has 0 aliphatic heterocycles. The van der Waals surface area contributed by atoms with E-state index in [0.717, 1.165) is 23.2 Å². The summed E-state index contributed by atoms with van der Waals surface area (Å²) in [5, 5.41) is 10.5. The van der Waals surface area contributed by atoms with Gasteiger partial charge in [0.2, 0.25) is 0 Å². The summed E-state index contributed by atoms with van der Waals surface area (Å²) in [4.78, 5) is 6.31. The molecule has 1 heterocycles. The summed E-state index contributed by atoms with van der Waals surface area (Å²) in [6.07, 6.45) is 2.95. The molecule has 0 radical (unpaired) electrons. The van der Waals surface area contributed by atoms with E-state index in [9.17, 15) is 9.50 Å². The van der Waals surface area contributed by atoms with Crippen molar-refractivity contribution in [3.63, 3.8) is 0 Å². The first-order chi connectivity index (χ1) is 10.5. The first kappa shape index (κ1) is 16.6. The van der Waals surface area contributed by atoms with Crippen molar-refractivity contribution in [1.82, 2.24) is 9.88 Å². The van der Waals surface area contributed by atoms with Crippen LogP contribution in [0.3, 0.4) is 0 Å². The van der Waals surface area contributed by atoms with Crippen LogP contribution >= 0.6 is 0 Å². The highest BCUT2D eigenvalue weighted by atomic mass is 19.1. The fourth-order valence-electron chi connectivity index (χ4n) is 2.52. The van der Waals surface area contributed by atoms with Gasteiger partial charge in [0.05, 0.1) is 6.10 Å². The number of aryl methyl sites for hydroxylation is 1. The predicted octanol–water partition coefficient (Wildman–Crippen LogP) is 3.47. The monoisotopic (exact) mass is 302 g/mol. The Balaban J connectivity index is 2.10. The summed E-state index contributed by atoms with van der Waals surface area (Å²) >= 11 is 0.